The molecule has 3 heterocycles. The van der Waals surface area contributed by atoms with Crippen molar-refractivity contribution in [3.63, 3.8) is 0 Å². The molecule has 1 aromatic carbocycles. The first-order valence-electron chi connectivity index (χ1n) is 9.06. The Hall–Kier alpha value is -1.79. The van der Waals surface area contributed by atoms with Gasteiger partial charge in [-0.3, -0.25) is 0 Å². The molecule has 0 saturated carbocycles. The van der Waals surface area contributed by atoms with Gasteiger partial charge >= 0.3 is 0 Å². The molecular formula is C18H26N4O2. The van der Waals surface area contributed by atoms with Gasteiger partial charge in [0.2, 0.25) is 0 Å². The first-order chi connectivity index (χ1) is 11.8. The summed E-state index contributed by atoms with van der Waals surface area (Å²) in [5.41, 5.74) is 7.85. The third-order valence-corrected chi connectivity index (χ3v) is 4.93. The van der Waals surface area contributed by atoms with Crippen molar-refractivity contribution in [1.29, 1.82) is 0 Å². The lowest BCUT2D eigenvalue weighted by Crippen LogP contribution is -2.24. The molecule has 2 N–H and O–H groups in total. The van der Waals surface area contributed by atoms with Crippen LogP contribution in [0.4, 0.5) is 0 Å². The average molecular weight is 330 g/mol. The van der Waals surface area contributed by atoms with Crippen molar-refractivity contribution in [2.45, 2.75) is 32.2 Å². The van der Waals surface area contributed by atoms with Crippen molar-refractivity contribution in [3.05, 3.63) is 18.0 Å². The summed E-state index contributed by atoms with van der Waals surface area (Å²) in [6.07, 6.45) is 4.52. The van der Waals surface area contributed by atoms with Crippen molar-refractivity contribution < 1.29 is 9.47 Å². The maximum atomic E-state index is 5.76. The van der Waals surface area contributed by atoms with Crippen LogP contribution in [-0.4, -0.2) is 53.8 Å². The first kappa shape index (κ1) is 15.7. The maximum Gasteiger partial charge on any atom is 0.163 e. The van der Waals surface area contributed by atoms with Crippen LogP contribution in [0.1, 0.15) is 25.1 Å². The molecule has 0 spiro atoms. The number of imidazole rings is 1. The minimum atomic E-state index is 0.605. The smallest absolute Gasteiger partial charge is 0.163 e. The van der Waals surface area contributed by atoms with Crippen LogP contribution in [0.25, 0.3) is 11.0 Å². The third-order valence-electron chi connectivity index (χ3n) is 4.93. The van der Waals surface area contributed by atoms with Crippen molar-refractivity contribution in [2.75, 3.05) is 39.4 Å². The molecule has 0 unspecified atom stereocenters. The van der Waals surface area contributed by atoms with Gasteiger partial charge in [-0.2, -0.15) is 0 Å². The number of aromatic nitrogens is 2. The van der Waals surface area contributed by atoms with E-state index in [1.54, 1.807) is 0 Å². The van der Waals surface area contributed by atoms with E-state index in [1.807, 2.05) is 6.07 Å². The van der Waals surface area contributed by atoms with Crippen LogP contribution in [0.2, 0.25) is 0 Å². The molecule has 1 aromatic heterocycles. The summed E-state index contributed by atoms with van der Waals surface area (Å²) >= 11 is 0. The van der Waals surface area contributed by atoms with E-state index in [0.29, 0.717) is 19.8 Å². The number of hydrogen-bond acceptors (Lipinski definition) is 5. The summed E-state index contributed by atoms with van der Waals surface area (Å²) < 4.78 is 13.8. The number of ether oxygens (including phenoxy) is 2. The number of hydrogen-bond donors (Lipinski definition) is 1. The molecule has 6 nitrogen and oxygen atoms in total. The van der Waals surface area contributed by atoms with E-state index < -0.39 is 0 Å². The number of nitrogens with zero attached hydrogens (tertiary/aromatic N) is 3. The molecular weight excluding hydrogens is 304 g/mol. The van der Waals surface area contributed by atoms with Crippen LogP contribution in [0.15, 0.2) is 12.1 Å². The Morgan fingerprint density at radius 3 is 2.54 bits per heavy atom. The van der Waals surface area contributed by atoms with Crippen molar-refractivity contribution in [3.8, 4) is 11.5 Å². The maximum absolute atomic E-state index is 5.76. The van der Waals surface area contributed by atoms with Crippen molar-refractivity contribution in [2.24, 2.45) is 5.73 Å². The van der Waals surface area contributed by atoms with Crippen molar-refractivity contribution in [1.82, 2.24) is 14.5 Å². The highest BCUT2D eigenvalue weighted by Gasteiger charge is 2.19. The van der Waals surface area contributed by atoms with Gasteiger partial charge in [0.05, 0.1) is 11.0 Å². The van der Waals surface area contributed by atoms with Crippen LogP contribution in [-0.2, 0) is 13.0 Å². The third kappa shape index (κ3) is 3.08. The minimum Gasteiger partial charge on any atom is -0.486 e. The SMILES string of the molecule is NCCCc1nc2cc3c(cc2n1CCN1CCCC1)OCCO3. The van der Waals surface area contributed by atoms with E-state index in [9.17, 15) is 0 Å². The van der Waals surface area contributed by atoms with Gasteiger partial charge in [-0.25, -0.2) is 4.98 Å². The van der Waals surface area contributed by atoms with Gasteiger partial charge in [-0.05, 0) is 38.9 Å². The molecule has 1 saturated heterocycles. The van der Waals surface area contributed by atoms with Crippen LogP contribution in [0.5, 0.6) is 11.5 Å². The topological polar surface area (TPSA) is 65.5 Å². The van der Waals surface area contributed by atoms with E-state index in [0.717, 1.165) is 54.3 Å². The number of rotatable bonds is 6. The predicted molar refractivity (Wildman–Crippen MR) is 93.8 cm³/mol. The van der Waals surface area contributed by atoms with Gasteiger partial charge in [-0.15, -0.1) is 0 Å². The quantitative estimate of drug-likeness (QED) is 0.875. The number of fused-ring (bicyclic) bond motifs is 2. The molecule has 0 bridgehead atoms. The Labute approximate surface area is 142 Å². The highest BCUT2D eigenvalue weighted by atomic mass is 16.6. The van der Waals surface area contributed by atoms with Crippen LogP contribution < -0.4 is 15.2 Å². The number of likely N-dealkylation sites (tertiary alicyclic amines) is 1. The number of aryl methyl sites for hydroxylation is 1. The van der Waals surface area contributed by atoms with E-state index in [4.69, 9.17) is 20.2 Å². The molecule has 1 fully saturated rings. The lowest BCUT2D eigenvalue weighted by Gasteiger charge is -2.19. The lowest BCUT2D eigenvalue weighted by molar-refractivity contribution is 0.172. The second-order valence-electron chi connectivity index (χ2n) is 6.61. The molecule has 0 radical (unpaired) electrons. The molecule has 2 aliphatic rings. The van der Waals surface area contributed by atoms with E-state index >= 15 is 0 Å². The fourth-order valence-corrected chi connectivity index (χ4v) is 3.66. The molecule has 2 aromatic rings. The molecule has 0 amide bonds. The molecule has 4 rings (SSSR count). The zero-order valence-corrected chi connectivity index (χ0v) is 14.2. The van der Waals surface area contributed by atoms with Gasteiger partial charge in [0.15, 0.2) is 11.5 Å². The van der Waals surface area contributed by atoms with E-state index in [-0.39, 0.29) is 0 Å². The molecule has 6 heteroatoms. The van der Waals surface area contributed by atoms with Crippen LogP contribution >= 0.6 is 0 Å². The fraction of sp³-hybridized carbons (Fsp3) is 0.611. The van der Waals surface area contributed by atoms with Gasteiger partial charge in [0.25, 0.3) is 0 Å². The Morgan fingerprint density at radius 1 is 1.04 bits per heavy atom. The summed E-state index contributed by atoms with van der Waals surface area (Å²) in [7, 11) is 0. The van der Waals surface area contributed by atoms with Gasteiger partial charge in [0.1, 0.15) is 19.0 Å². The Kier molecular flexibility index (Phi) is 4.58. The second kappa shape index (κ2) is 6.99. The van der Waals surface area contributed by atoms with E-state index in [2.05, 4.69) is 15.5 Å². The van der Waals surface area contributed by atoms with Gasteiger partial charge < -0.3 is 24.7 Å². The molecule has 0 atom stereocenters. The van der Waals surface area contributed by atoms with Crippen molar-refractivity contribution >= 4 is 11.0 Å². The zero-order valence-electron chi connectivity index (χ0n) is 14.2. The highest BCUT2D eigenvalue weighted by molar-refractivity contribution is 5.80. The largest absolute Gasteiger partial charge is 0.486 e. The predicted octanol–water partition coefficient (Wildman–Crippen LogP) is 1.79. The molecule has 2 aliphatic heterocycles. The minimum absolute atomic E-state index is 0.605. The Bertz CT molecular complexity index is 707. The summed E-state index contributed by atoms with van der Waals surface area (Å²) in [5, 5.41) is 0. The average Bonchev–Trinajstić information content (AvgIpc) is 3.23. The van der Waals surface area contributed by atoms with Crippen LogP contribution in [0.3, 0.4) is 0 Å². The summed E-state index contributed by atoms with van der Waals surface area (Å²) in [5.74, 6) is 2.77. The second-order valence-corrected chi connectivity index (χ2v) is 6.61. The van der Waals surface area contributed by atoms with Gasteiger partial charge in [0, 0.05) is 31.6 Å². The molecule has 0 aliphatic carbocycles. The fourth-order valence-electron chi connectivity index (χ4n) is 3.66. The first-order valence-corrected chi connectivity index (χ1v) is 9.06. The number of nitrogens with two attached hydrogens (primary N) is 1. The lowest BCUT2D eigenvalue weighted by atomic mass is 10.2. The Balaban J connectivity index is 1.66. The molecule has 130 valence electrons. The number of benzene rings is 1. The van der Waals surface area contributed by atoms with Gasteiger partial charge in [-0.1, -0.05) is 0 Å². The van der Waals surface area contributed by atoms with E-state index in [1.165, 1.54) is 25.9 Å². The zero-order chi connectivity index (χ0) is 16.4. The Morgan fingerprint density at radius 2 is 1.79 bits per heavy atom. The highest BCUT2D eigenvalue weighted by Crippen LogP contribution is 2.35. The summed E-state index contributed by atoms with van der Waals surface area (Å²) in [6, 6.07) is 4.11. The summed E-state index contributed by atoms with van der Waals surface area (Å²) in [6.45, 7) is 6.40. The normalized spacial score (nSPS) is 17.7. The molecule has 24 heavy (non-hydrogen) atoms. The standard InChI is InChI=1S/C18H26N4O2/c19-5-3-4-18-20-14-12-16-17(24-11-10-23-16)13-15(14)22(18)9-8-21-6-1-2-7-21/h12-13H,1-11,19H2. The monoisotopic (exact) mass is 330 g/mol. The summed E-state index contributed by atoms with van der Waals surface area (Å²) in [4.78, 5) is 7.40. The van der Waals surface area contributed by atoms with Crippen LogP contribution in [0, 0.1) is 0 Å².